The predicted molar refractivity (Wildman–Crippen MR) is 108 cm³/mol. The van der Waals surface area contributed by atoms with E-state index in [1.54, 1.807) is 6.20 Å². The van der Waals surface area contributed by atoms with Gasteiger partial charge in [0.15, 0.2) is 5.82 Å². The lowest BCUT2D eigenvalue weighted by Gasteiger charge is -2.28. The number of anilines is 2. The van der Waals surface area contributed by atoms with Gasteiger partial charge in [-0.1, -0.05) is 0 Å². The molecule has 2 aromatic heterocycles. The Hall–Kier alpha value is -3.23. The fourth-order valence-corrected chi connectivity index (χ4v) is 4.07. The molecule has 3 N–H and O–H groups in total. The van der Waals surface area contributed by atoms with Crippen molar-refractivity contribution in [1.82, 2.24) is 35.5 Å². The molecule has 12 nitrogen and oxygen atoms in total. The number of ether oxygens (including phenoxy) is 1. The molecule has 1 aliphatic rings. The molecule has 0 spiro atoms. The summed E-state index contributed by atoms with van der Waals surface area (Å²) in [6, 6.07) is 5.23. The van der Waals surface area contributed by atoms with E-state index in [0.29, 0.717) is 19.0 Å². The number of halogens is 1. The van der Waals surface area contributed by atoms with Gasteiger partial charge < -0.3 is 15.0 Å². The first kappa shape index (κ1) is 21.0. The minimum absolute atomic E-state index is 0.0325. The zero-order chi connectivity index (χ0) is 21.7. The van der Waals surface area contributed by atoms with Crippen LogP contribution in [0, 0.1) is 5.82 Å². The van der Waals surface area contributed by atoms with Crippen molar-refractivity contribution in [3.8, 4) is 11.4 Å². The Morgan fingerprint density at radius 3 is 2.77 bits per heavy atom. The minimum atomic E-state index is -3.87. The van der Waals surface area contributed by atoms with Gasteiger partial charge in [-0.05, 0) is 23.4 Å². The Morgan fingerprint density at radius 2 is 2.00 bits per heavy atom. The molecule has 0 radical (unpaired) electrons. The van der Waals surface area contributed by atoms with Crippen LogP contribution in [0.25, 0.3) is 11.4 Å². The molecule has 3 aromatic rings. The van der Waals surface area contributed by atoms with Gasteiger partial charge in [0.1, 0.15) is 5.82 Å². The molecule has 1 fully saturated rings. The van der Waals surface area contributed by atoms with E-state index in [1.165, 1.54) is 6.07 Å². The van der Waals surface area contributed by atoms with Crippen molar-refractivity contribution in [2.24, 2.45) is 0 Å². The molecule has 4 rings (SSSR count). The van der Waals surface area contributed by atoms with Crippen molar-refractivity contribution in [2.45, 2.75) is 4.90 Å². The second-order valence-electron chi connectivity index (χ2n) is 6.60. The molecular weight excluding hydrogens is 429 g/mol. The van der Waals surface area contributed by atoms with Gasteiger partial charge in [-0.15, -0.1) is 15.3 Å². The summed E-state index contributed by atoms with van der Waals surface area (Å²) in [6.07, 6.45) is 1.68. The number of tetrazole rings is 1. The van der Waals surface area contributed by atoms with Gasteiger partial charge in [-0.2, -0.15) is 10.3 Å². The Labute approximate surface area is 177 Å². The van der Waals surface area contributed by atoms with Crippen molar-refractivity contribution in [1.29, 1.82) is 0 Å². The fraction of sp³-hybridized carbons (Fsp3) is 0.353. The van der Waals surface area contributed by atoms with E-state index in [2.05, 4.69) is 45.8 Å². The lowest BCUT2D eigenvalue weighted by atomic mass is 10.2. The van der Waals surface area contributed by atoms with Crippen LogP contribution in [0.2, 0.25) is 0 Å². The zero-order valence-electron chi connectivity index (χ0n) is 16.3. The maximum atomic E-state index is 14.0. The number of rotatable bonds is 8. The molecule has 1 aromatic carbocycles. The van der Waals surface area contributed by atoms with Crippen LogP contribution in [0.4, 0.5) is 15.9 Å². The number of morpholine rings is 1. The van der Waals surface area contributed by atoms with Crippen molar-refractivity contribution in [3.05, 3.63) is 36.3 Å². The van der Waals surface area contributed by atoms with Crippen LogP contribution in [0.5, 0.6) is 0 Å². The summed E-state index contributed by atoms with van der Waals surface area (Å²) in [5, 5.41) is 24.0. The lowest BCUT2D eigenvalue weighted by Crippen LogP contribution is -2.36. The second-order valence-corrected chi connectivity index (χ2v) is 8.37. The highest BCUT2D eigenvalue weighted by atomic mass is 32.2. The largest absolute Gasteiger partial charge is 0.378 e. The maximum Gasteiger partial charge on any atom is 0.240 e. The van der Waals surface area contributed by atoms with Gasteiger partial charge in [0.25, 0.3) is 0 Å². The molecule has 0 aliphatic carbocycles. The van der Waals surface area contributed by atoms with Gasteiger partial charge in [0, 0.05) is 32.2 Å². The third-order valence-corrected chi connectivity index (χ3v) is 6.03. The number of nitrogens with one attached hydrogen (secondary N) is 3. The van der Waals surface area contributed by atoms with Crippen LogP contribution >= 0.6 is 0 Å². The lowest BCUT2D eigenvalue weighted by molar-refractivity contribution is 0.122. The third-order valence-electron chi connectivity index (χ3n) is 4.57. The Balaban J connectivity index is 1.35. The summed E-state index contributed by atoms with van der Waals surface area (Å²) in [4.78, 5) is 2.03. The van der Waals surface area contributed by atoms with Gasteiger partial charge in [-0.3, -0.25) is 0 Å². The van der Waals surface area contributed by atoms with E-state index in [0.717, 1.165) is 30.9 Å². The fourth-order valence-electron chi connectivity index (χ4n) is 3.02. The molecule has 14 heteroatoms. The molecule has 0 bridgehead atoms. The summed E-state index contributed by atoms with van der Waals surface area (Å²) in [7, 11) is -3.87. The third kappa shape index (κ3) is 5.10. The summed E-state index contributed by atoms with van der Waals surface area (Å²) in [6.45, 7) is 3.22. The Morgan fingerprint density at radius 1 is 1.16 bits per heavy atom. The average Bonchev–Trinajstić information content (AvgIpc) is 3.32. The number of benzene rings is 1. The maximum absolute atomic E-state index is 14.0. The number of hydrogen-bond acceptors (Lipinski definition) is 10. The van der Waals surface area contributed by atoms with Crippen LogP contribution in [0.3, 0.4) is 0 Å². The summed E-state index contributed by atoms with van der Waals surface area (Å²) < 4.78 is 46.9. The SMILES string of the molecule is O=S(=O)(NCCNc1cc(N2CCOCC2)cnn1)c1ccc(F)c(-c2nn[nH]n2)c1. The van der Waals surface area contributed by atoms with E-state index >= 15 is 0 Å². The van der Waals surface area contributed by atoms with Crippen LogP contribution in [0.1, 0.15) is 0 Å². The van der Waals surface area contributed by atoms with E-state index in [-0.39, 0.29) is 29.4 Å². The first-order valence-corrected chi connectivity index (χ1v) is 10.9. The highest BCUT2D eigenvalue weighted by molar-refractivity contribution is 7.89. The number of nitrogens with zero attached hydrogens (tertiary/aromatic N) is 6. The van der Waals surface area contributed by atoms with Gasteiger partial charge in [-0.25, -0.2) is 17.5 Å². The highest BCUT2D eigenvalue weighted by Gasteiger charge is 2.18. The van der Waals surface area contributed by atoms with Gasteiger partial charge >= 0.3 is 0 Å². The Bertz CT molecular complexity index is 1120. The quantitative estimate of drug-likeness (QED) is 0.402. The van der Waals surface area contributed by atoms with Gasteiger partial charge in [0.2, 0.25) is 15.8 Å². The predicted octanol–water partition coefficient (Wildman–Crippen LogP) is 0.0228. The van der Waals surface area contributed by atoms with Crippen LogP contribution < -0.4 is 14.9 Å². The summed E-state index contributed by atoms with van der Waals surface area (Å²) in [5.74, 6) is -0.153. The molecule has 0 atom stereocenters. The number of aromatic amines is 1. The van der Waals surface area contributed by atoms with Crippen molar-refractivity contribution in [3.63, 3.8) is 0 Å². The summed E-state index contributed by atoms with van der Waals surface area (Å²) >= 11 is 0. The second kappa shape index (κ2) is 9.28. The topological polar surface area (TPSA) is 151 Å². The number of hydrogen-bond donors (Lipinski definition) is 3. The monoisotopic (exact) mass is 449 g/mol. The minimum Gasteiger partial charge on any atom is -0.378 e. The standard InChI is InChI=1S/C17H20FN9O3S/c18-15-2-1-13(10-14(15)17-23-25-26-24-17)31(28,29)21-4-3-19-16-9-12(11-20-22-16)27-5-7-30-8-6-27/h1-2,9-11,21H,3-8H2,(H,19,22)(H,23,24,25,26). The molecule has 1 aliphatic heterocycles. The molecule has 164 valence electrons. The van der Waals surface area contributed by atoms with Crippen molar-refractivity contribution in [2.75, 3.05) is 49.6 Å². The van der Waals surface area contributed by atoms with E-state index in [4.69, 9.17) is 4.74 Å². The average molecular weight is 449 g/mol. The van der Waals surface area contributed by atoms with Crippen LogP contribution in [-0.2, 0) is 14.8 Å². The van der Waals surface area contributed by atoms with Crippen LogP contribution in [-0.4, -0.2) is 78.6 Å². The highest BCUT2D eigenvalue weighted by Crippen LogP contribution is 2.22. The molecular formula is C17H20FN9O3S. The molecule has 3 heterocycles. The molecule has 0 saturated carbocycles. The van der Waals surface area contributed by atoms with E-state index < -0.39 is 15.8 Å². The van der Waals surface area contributed by atoms with E-state index in [9.17, 15) is 12.8 Å². The van der Waals surface area contributed by atoms with Crippen molar-refractivity contribution < 1.29 is 17.5 Å². The first-order chi connectivity index (χ1) is 15.0. The zero-order valence-corrected chi connectivity index (χ0v) is 17.1. The molecule has 31 heavy (non-hydrogen) atoms. The van der Waals surface area contributed by atoms with E-state index in [1.807, 2.05) is 6.07 Å². The molecule has 0 amide bonds. The van der Waals surface area contributed by atoms with Crippen LogP contribution in [0.15, 0.2) is 35.4 Å². The number of H-pyrrole nitrogens is 1. The summed E-state index contributed by atoms with van der Waals surface area (Å²) in [5.41, 5.74) is 0.853. The number of sulfonamides is 1. The van der Waals surface area contributed by atoms with Crippen molar-refractivity contribution >= 4 is 21.5 Å². The molecule has 1 saturated heterocycles. The molecule has 0 unspecified atom stereocenters. The normalized spacial score (nSPS) is 14.5. The van der Waals surface area contributed by atoms with Gasteiger partial charge in [0.05, 0.1) is 35.6 Å². The number of aromatic nitrogens is 6. The first-order valence-electron chi connectivity index (χ1n) is 9.45. The smallest absolute Gasteiger partial charge is 0.240 e. The Kier molecular flexibility index (Phi) is 6.29.